The van der Waals surface area contributed by atoms with Gasteiger partial charge in [0.2, 0.25) is 0 Å². The topological polar surface area (TPSA) is 34.1 Å². The Morgan fingerprint density at radius 3 is 1.93 bits per heavy atom. The summed E-state index contributed by atoms with van der Waals surface area (Å²) in [7, 11) is 0. The predicted octanol–water partition coefficient (Wildman–Crippen LogP) is 7.34. The highest BCUT2D eigenvalue weighted by Crippen LogP contribution is 2.31. The quantitative estimate of drug-likeness (QED) is 0.234. The molecule has 1 unspecified atom stereocenters. The molecule has 1 aromatic carbocycles. The van der Waals surface area contributed by atoms with Crippen molar-refractivity contribution in [3.05, 3.63) is 35.4 Å². The largest absolute Gasteiger partial charge is 0.299 e. The van der Waals surface area contributed by atoms with Gasteiger partial charge in [-0.15, -0.1) is 0 Å². The van der Waals surface area contributed by atoms with E-state index < -0.39 is 5.92 Å². The monoisotopic (exact) mass is 384 g/mol. The molecule has 2 rings (SSSR count). The molecule has 0 heterocycles. The number of hydrogen-bond donors (Lipinski definition) is 0. The lowest BCUT2D eigenvalue weighted by atomic mass is 9.78. The number of benzene rings is 1. The van der Waals surface area contributed by atoms with Gasteiger partial charge in [0.25, 0.3) is 0 Å². The summed E-state index contributed by atoms with van der Waals surface area (Å²) in [5.74, 6) is -0.221. The molecular weight excluding hydrogens is 344 g/mol. The zero-order chi connectivity index (χ0) is 20.0. The molecule has 0 radical (unpaired) electrons. The van der Waals surface area contributed by atoms with Crippen molar-refractivity contribution >= 4 is 11.6 Å². The predicted molar refractivity (Wildman–Crippen MR) is 118 cm³/mol. The Bertz CT molecular complexity index is 590. The van der Waals surface area contributed by atoms with Gasteiger partial charge in [-0.25, -0.2) is 0 Å². The number of hydrogen-bond acceptors (Lipinski definition) is 2. The highest BCUT2D eigenvalue weighted by molar-refractivity contribution is 6.08. The van der Waals surface area contributed by atoms with E-state index >= 15 is 0 Å². The Balaban J connectivity index is 1.51. The second-order valence-corrected chi connectivity index (χ2v) is 8.56. The van der Waals surface area contributed by atoms with E-state index in [9.17, 15) is 9.59 Å². The second-order valence-electron chi connectivity index (χ2n) is 8.56. The molecule has 0 spiro atoms. The molecule has 28 heavy (non-hydrogen) atoms. The van der Waals surface area contributed by atoms with E-state index in [1.807, 2.05) is 18.2 Å². The van der Waals surface area contributed by atoms with E-state index in [0.717, 1.165) is 24.8 Å². The first kappa shape index (κ1) is 22.8. The van der Waals surface area contributed by atoms with Crippen molar-refractivity contribution in [2.24, 2.45) is 0 Å². The van der Waals surface area contributed by atoms with Crippen molar-refractivity contribution in [1.82, 2.24) is 0 Å². The van der Waals surface area contributed by atoms with Gasteiger partial charge >= 0.3 is 0 Å². The summed E-state index contributed by atoms with van der Waals surface area (Å²) in [5, 5.41) is 0. The summed E-state index contributed by atoms with van der Waals surface area (Å²) in [6, 6.07) is 7.98. The van der Waals surface area contributed by atoms with Crippen LogP contribution in [0.15, 0.2) is 24.3 Å². The van der Waals surface area contributed by atoms with E-state index in [-0.39, 0.29) is 11.6 Å². The van der Waals surface area contributed by atoms with Crippen LogP contribution in [0, 0.1) is 0 Å². The van der Waals surface area contributed by atoms with Crippen LogP contribution in [0.5, 0.6) is 0 Å². The zero-order valence-electron chi connectivity index (χ0n) is 18.0. The van der Waals surface area contributed by atoms with E-state index in [0.29, 0.717) is 12.8 Å². The van der Waals surface area contributed by atoms with E-state index in [2.05, 4.69) is 13.0 Å². The number of ketones is 2. The molecule has 0 saturated carbocycles. The number of unbranched alkanes of at least 4 members (excludes halogenated alkanes) is 12. The zero-order valence-corrected chi connectivity index (χ0v) is 18.0. The summed E-state index contributed by atoms with van der Waals surface area (Å²) < 4.78 is 0. The fourth-order valence-corrected chi connectivity index (χ4v) is 4.43. The number of rotatable bonds is 15. The van der Waals surface area contributed by atoms with Crippen molar-refractivity contribution < 1.29 is 9.59 Å². The minimum atomic E-state index is -0.484. The summed E-state index contributed by atoms with van der Waals surface area (Å²) in [5.41, 5.74) is 2.16. The molecule has 1 aromatic rings. The molecule has 0 bridgehead atoms. The Morgan fingerprint density at radius 2 is 1.32 bits per heavy atom. The lowest BCUT2D eigenvalue weighted by Gasteiger charge is -2.23. The normalized spacial score (nSPS) is 16.2. The lowest BCUT2D eigenvalue weighted by Crippen LogP contribution is -2.27. The van der Waals surface area contributed by atoms with Gasteiger partial charge in [-0.3, -0.25) is 9.59 Å². The van der Waals surface area contributed by atoms with Gasteiger partial charge in [0.1, 0.15) is 17.5 Å². The number of aryl methyl sites for hydroxylation is 1. The minimum Gasteiger partial charge on any atom is -0.299 e. The van der Waals surface area contributed by atoms with E-state index in [1.165, 1.54) is 76.2 Å². The highest BCUT2D eigenvalue weighted by atomic mass is 16.1. The van der Waals surface area contributed by atoms with Crippen LogP contribution in [0.3, 0.4) is 0 Å². The van der Waals surface area contributed by atoms with Gasteiger partial charge in [0.15, 0.2) is 0 Å². The maximum Gasteiger partial charge on any atom is 0.148 e. The molecule has 156 valence electrons. The minimum absolute atomic E-state index is 0.124. The van der Waals surface area contributed by atoms with Gasteiger partial charge in [-0.1, -0.05) is 108 Å². The van der Waals surface area contributed by atoms with E-state index in [1.54, 1.807) is 0 Å². The molecule has 0 fully saturated rings. The number of carbonyl (C=O) groups excluding carboxylic acids is 2. The van der Waals surface area contributed by atoms with Crippen LogP contribution in [-0.4, -0.2) is 11.6 Å². The van der Waals surface area contributed by atoms with Gasteiger partial charge in [0, 0.05) is 12.8 Å². The Kier molecular flexibility index (Phi) is 11.2. The van der Waals surface area contributed by atoms with Crippen LogP contribution in [0.1, 0.15) is 120 Å². The first-order chi connectivity index (χ1) is 13.7. The molecule has 1 atom stereocenters. The molecule has 0 aromatic heterocycles. The SMILES string of the molecule is CCCCCCCCCCCCCCCC(=O)C1C(=O)CCc2ccccc21. The first-order valence-corrected chi connectivity index (χ1v) is 11.9. The molecular formula is C26H40O2. The Hall–Kier alpha value is -1.44. The van der Waals surface area contributed by atoms with Crippen LogP contribution in [-0.2, 0) is 16.0 Å². The van der Waals surface area contributed by atoms with Gasteiger partial charge < -0.3 is 0 Å². The third-order valence-electron chi connectivity index (χ3n) is 6.18. The van der Waals surface area contributed by atoms with Crippen LogP contribution in [0.4, 0.5) is 0 Å². The third kappa shape index (κ3) is 7.89. The maximum absolute atomic E-state index is 12.7. The molecule has 0 aliphatic heterocycles. The summed E-state index contributed by atoms with van der Waals surface area (Å²) in [4.78, 5) is 25.0. The van der Waals surface area contributed by atoms with Crippen molar-refractivity contribution in [2.45, 2.75) is 116 Å². The summed E-state index contributed by atoms with van der Waals surface area (Å²) >= 11 is 0. The second kappa shape index (κ2) is 13.7. The Morgan fingerprint density at radius 1 is 0.786 bits per heavy atom. The highest BCUT2D eigenvalue weighted by Gasteiger charge is 2.32. The molecule has 0 saturated heterocycles. The molecule has 1 aliphatic rings. The van der Waals surface area contributed by atoms with Crippen molar-refractivity contribution in [3.63, 3.8) is 0 Å². The average molecular weight is 385 g/mol. The molecule has 0 N–H and O–H groups in total. The first-order valence-electron chi connectivity index (χ1n) is 11.9. The number of carbonyl (C=O) groups is 2. The van der Waals surface area contributed by atoms with Crippen LogP contribution < -0.4 is 0 Å². The smallest absolute Gasteiger partial charge is 0.148 e. The van der Waals surface area contributed by atoms with E-state index in [4.69, 9.17) is 0 Å². The number of Topliss-reactive ketones (excluding diaryl/α,β-unsaturated/α-hetero) is 2. The molecule has 2 heteroatoms. The number of fused-ring (bicyclic) bond motifs is 1. The van der Waals surface area contributed by atoms with Crippen molar-refractivity contribution in [3.8, 4) is 0 Å². The van der Waals surface area contributed by atoms with Gasteiger partial charge in [-0.2, -0.15) is 0 Å². The van der Waals surface area contributed by atoms with Crippen LogP contribution in [0.25, 0.3) is 0 Å². The maximum atomic E-state index is 12.7. The molecule has 2 nitrogen and oxygen atoms in total. The average Bonchev–Trinajstić information content (AvgIpc) is 2.71. The van der Waals surface area contributed by atoms with Crippen molar-refractivity contribution in [1.29, 1.82) is 0 Å². The van der Waals surface area contributed by atoms with Crippen LogP contribution >= 0.6 is 0 Å². The van der Waals surface area contributed by atoms with Crippen LogP contribution in [0.2, 0.25) is 0 Å². The lowest BCUT2D eigenvalue weighted by molar-refractivity contribution is -0.129. The fourth-order valence-electron chi connectivity index (χ4n) is 4.43. The van der Waals surface area contributed by atoms with Crippen molar-refractivity contribution in [2.75, 3.05) is 0 Å². The Labute approximate surface area is 172 Å². The molecule has 1 aliphatic carbocycles. The fraction of sp³-hybridized carbons (Fsp3) is 0.692. The van der Waals surface area contributed by atoms with Gasteiger partial charge in [-0.05, 0) is 24.0 Å². The third-order valence-corrected chi connectivity index (χ3v) is 6.18. The molecule has 0 amide bonds. The van der Waals surface area contributed by atoms with Gasteiger partial charge in [0.05, 0.1) is 0 Å². The summed E-state index contributed by atoms with van der Waals surface area (Å²) in [6.07, 6.45) is 18.8. The standard InChI is InChI=1S/C26H40O2/c1-2-3-4-5-6-7-8-9-10-11-12-13-14-19-24(27)26-23-18-16-15-17-22(23)20-21-25(26)28/h15-18,26H,2-14,19-21H2,1H3. The summed E-state index contributed by atoms with van der Waals surface area (Å²) in [6.45, 7) is 2.27.